The minimum atomic E-state index is 0.291. The highest BCUT2D eigenvalue weighted by Gasteiger charge is 2.05. The topological polar surface area (TPSA) is 73.1 Å². The lowest BCUT2D eigenvalue weighted by Crippen LogP contribution is -2.06. The normalized spacial score (nSPS) is 10.3. The van der Waals surface area contributed by atoms with Crippen molar-refractivity contribution in [2.45, 2.75) is 12.8 Å². The zero-order valence-electron chi connectivity index (χ0n) is 11.3. The molecule has 0 saturated carbocycles. The Balaban J connectivity index is 1.80. The summed E-state index contributed by atoms with van der Waals surface area (Å²) in [5.74, 6) is 1.74. The van der Waals surface area contributed by atoms with E-state index in [-0.39, 0.29) is 0 Å². The van der Waals surface area contributed by atoms with Crippen LogP contribution < -0.4 is 15.8 Å². The molecule has 3 N–H and O–H groups in total. The Morgan fingerprint density at radius 3 is 2.70 bits per heavy atom. The lowest BCUT2D eigenvalue weighted by molar-refractivity contribution is 0.414. The van der Waals surface area contributed by atoms with Crippen molar-refractivity contribution in [1.82, 2.24) is 9.97 Å². The van der Waals surface area contributed by atoms with Crippen LogP contribution in [0.5, 0.6) is 5.75 Å². The van der Waals surface area contributed by atoms with Gasteiger partial charge >= 0.3 is 0 Å². The molecule has 0 aliphatic heterocycles. The van der Waals surface area contributed by atoms with E-state index in [0.29, 0.717) is 16.7 Å². The molecule has 106 valence electrons. The molecule has 0 spiro atoms. The third kappa shape index (κ3) is 3.74. The highest BCUT2D eigenvalue weighted by molar-refractivity contribution is 6.35. The average molecular weight is 293 g/mol. The van der Waals surface area contributed by atoms with Gasteiger partial charge in [0.2, 0.25) is 0 Å². The summed E-state index contributed by atoms with van der Waals surface area (Å²) >= 11 is 6.00. The number of methoxy groups -OCH3 is 1. The molecule has 1 heterocycles. The van der Waals surface area contributed by atoms with Crippen LogP contribution in [-0.2, 0) is 6.42 Å². The number of anilines is 2. The zero-order valence-corrected chi connectivity index (χ0v) is 12.0. The standard InChI is InChI=1S/C14H17ClN4O/c1-20-11-6-4-10(5-7-11)3-2-8-17-14-12(15)13(16)18-9-19-14/h4-7,9H,2-3,8H2,1H3,(H3,16,17,18,19). The lowest BCUT2D eigenvalue weighted by atomic mass is 10.1. The van der Waals surface area contributed by atoms with E-state index in [1.54, 1.807) is 7.11 Å². The SMILES string of the molecule is COc1ccc(CCCNc2ncnc(N)c2Cl)cc1. The molecule has 1 aromatic carbocycles. The molecule has 0 aliphatic carbocycles. The molecule has 0 bridgehead atoms. The van der Waals surface area contributed by atoms with Crippen molar-refractivity contribution >= 4 is 23.2 Å². The third-order valence-electron chi connectivity index (χ3n) is 2.91. The predicted molar refractivity (Wildman–Crippen MR) is 81.3 cm³/mol. The van der Waals surface area contributed by atoms with Crippen molar-refractivity contribution in [3.8, 4) is 5.75 Å². The van der Waals surface area contributed by atoms with E-state index in [9.17, 15) is 0 Å². The fraction of sp³-hybridized carbons (Fsp3) is 0.286. The number of ether oxygens (including phenoxy) is 1. The molecule has 0 fully saturated rings. The van der Waals surface area contributed by atoms with Crippen molar-refractivity contribution in [2.75, 3.05) is 24.7 Å². The van der Waals surface area contributed by atoms with Gasteiger partial charge in [0.1, 0.15) is 28.7 Å². The van der Waals surface area contributed by atoms with Crippen molar-refractivity contribution < 1.29 is 4.74 Å². The molecule has 2 rings (SSSR count). The lowest BCUT2D eigenvalue weighted by Gasteiger charge is -2.08. The number of nitrogens with one attached hydrogen (secondary N) is 1. The molecule has 0 aliphatic rings. The van der Waals surface area contributed by atoms with Crippen LogP contribution in [0.1, 0.15) is 12.0 Å². The van der Waals surface area contributed by atoms with Crippen LogP contribution in [0, 0.1) is 0 Å². The van der Waals surface area contributed by atoms with E-state index in [2.05, 4.69) is 27.4 Å². The quantitative estimate of drug-likeness (QED) is 0.801. The van der Waals surface area contributed by atoms with Gasteiger partial charge in [0.25, 0.3) is 0 Å². The Morgan fingerprint density at radius 1 is 1.25 bits per heavy atom. The smallest absolute Gasteiger partial charge is 0.150 e. The van der Waals surface area contributed by atoms with E-state index in [4.69, 9.17) is 22.1 Å². The van der Waals surface area contributed by atoms with E-state index in [0.717, 1.165) is 25.1 Å². The monoisotopic (exact) mass is 292 g/mol. The number of benzene rings is 1. The number of halogens is 1. The third-order valence-corrected chi connectivity index (χ3v) is 3.28. The first kappa shape index (κ1) is 14.4. The van der Waals surface area contributed by atoms with Gasteiger partial charge in [-0.05, 0) is 30.5 Å². The second-order valence-electron chi connectivity index (χ2n) is 4.30. The highest BCUT2D eigenvalue weighted by Crippen LogP contribution is 2.23. The maximum atomic E-state index is 6.00. The van der Waals surface area contributed by atoms with Crippen molar-refractivity contribution in [3.63, 3.8) is 0 Å². The number of nitrogens with zero attached hydrogens (tertiary/aromatic N) is 2. The molecule has 0 saturated heterocycles. The van der Waals surface area contributed by atoms with Gasteiger partial charge in [0, 0.05) is 6.54 Å². The molecule has 0 atom stereocenters. The molecule has 1 aromatic heterocycles. The van der Waals surface area contributed by atoms with Crippen LogP contribution in [0.25, 0.3) is 0 Å². The summed E-state index contributed by atoms with van der Waals surface area (Å²) in [6.07, 6.45) is 3.33. The molecule has 0 amide bonds. The van der Waals surface area contributed by atoms with Gasteiger partial charge in [0.15, 0.2) is 0 Å². The number of nitrogen functional groups attached to an aromatic ring is 1. The molecule has 0 radical (unpaired) electrons. The second kappa shape index (κ2) is 6.96. The summed E-state index contributed by atoms with van der Waals surface area (Å²) < 4.78 is 5.12. The number of aryl methyl sites for hydroxylation is 1. The van der Waals surface area contributed by atoms with E-state index >= 15 is 0 Å². The summed E-state index contributed by atoms with van der Waals surface area (Å²) in [6.45, 7) is 0.766. The van der Waals surface area contributed by atoms with Crippen molar-refractivity contribution in [3.05, 3.63) is 41.2 Å². The van der Waals surface area contributed by atoms with Crippen LogP contribution in [0.2, 0.25) is 5.02 Å². The highest BCUT2D eigenvalue weighted by atomic mass is 35.5. The fourth-order valence-corrected chi connectivity index (χ4v) is 1.96. The Morgan fingerprint density at radius 2 is 2.00 bits per heavy atom. The fourth-order valence-electron chi connectivity index (χ4n) is 1.80. The Bertz CT molecular complexity index is 560. The molecule has 6 heteroatoms. The summed E-state index contributed by atoms with van der Waals surface area (Å²) in [7, 11) is 1.66. The number of hydrogen-bond acceptors (Lipinski definition) is 5. The van der Waals surface area contributed by atoms with Gasteiger partial charge in [0.05, 0.1) is 7.11 Å². The van der Waals surface area contributed by atoms with Crippen LogP contribution in [0.4, 0.5) is 11.6 Å². The van der Waals surface area contributed by atoms with Gasteiger partial charge in [-0.1, -0.05) is 23.7 Å². The number of hydrogen-bond donors (Lipinski definition) is 2. The van der Waals surface area contributed by atoms with Crippen molar-refractivity contribution in [1.29, 1.82) is 0 Å². The van der Waals surface area contributed by atoms with Crippen LogP contribution in [0.15, 0.2) is 30.6 Å². The average Bonchev–Trinajstić information content (AvgIpc) is 2.48. The first-order chi connectivity index (χ1) is 9.70. The Labute approximate surface area is 123 Å². The van der Waals surface area contributed by atoms with Gasteiger partial charge < -0.3 is 15.8 Å². The summed E-state index contributed by atoms with van der Waals surface area (Å²) in [5, 5.41) is 3.53. The number of aromatic nitrogens is 2. The van der Waals surface area contributed by atoms with Crippen LogP contribution in [-0.4, -0.2) is 23.6 Å². The molecule has 20 heavy (non-hydrogen) atoms. The molecule has 5 nitrogen and oxygen atoms in total. The second-order valence-corrected chi connectivity index (χ2v) is 4.68. The Hall–Kier alpha value is -2.01. The van der Waals surface area contributed by atoms with E-state index in [1.165, 1.54) is 11.9 Å². The number of rotatable bonds is 6. The minimum absolute atomic E-state index is 0.291. The van der Waals surface area contributed by atoms with Crippen LogP contribution >= 0.6 is 11.6 Å². The van der Waals surface area contributed by atoms with Crippen molar-refractivity contribution in [2.24, 2.45) is 0 Å². The van der Waals surface area contributed by atoms with Gasteiger partial charge in [-0.2, -0.15) is 0 Å². The minimum Gasteiger partial charge on any atom is -0.497 e. The molecule has 0 unspecified atom stereocenters. The molecular formula is C14H17ClN4O. The van der Waals surface area contributed by atoms with Gasteiger partial charge in [-0.15, -0.1) is 0 Å². The molecule has 2 aromatic rings. The van der Waals surface area contributed by atoms with E-state index < -0.39 is 0 Å². The predicted octanol–water partition coefficient (Wildman–Crippen LogP) is 2.77. The summed E-state index contributed by atoms with van der Waals surface area (Å²) in [5.41, 5.74) is 6.87. The van der Waals surface area contributed by atoms with E-state index in [1.807, 2.05) is 12.1 Å². The summed E-state index contributed by atoms with van der Waals surface area (Å²) in [6, 6.07) is 8.05. The first-order valence-electron chi connectivity index (χ1n) is 6.33. The Kier molecular flexibility index (Phi) is 5.01. The summed E-state index contributed by atoms with van der Waals surface area (Å²) in [4.78, 5) is 7.87. The molecular weight excluding hydrogens is 276 g/mol. The number of nitrogens with two attached hydrogens (primary N) is 1. The maximum absolute atomic E-state index is 6.00. The zero-order chi connectivity index (χ0) is 14.4. The first-order valence-corrected chi connectivity index (χ1v) is 6.71. The largest absolute Gasteiger partial charge is 0.497 e. The maximum Gasteiger partial charge on any atom is 0.150 e. The van der Waals surface area contributed by atoms with Crippen LogP contribution in [0.3, 0.4) is 0 Å². The van der Waals surface area contributed by atoms with Gasteiger partial charge in [-0.25, -0.2) is 9.97 Å². The van der Waals surface area contributed by atoms with Gasteiger partial charge in [-0.3, -0.25) is 0 Å².